The number of carbonyl (C=O) groups is 2. The van der Waals surface area contributed by atoms with E-state index in [1.54, 1.807) is 13.0 Å². The lowest BCUT2D eigenvalue weighted by Gasteiger charge is -2.13. The molecule has 1 amide bonds. The van der Waals surface area contributed by atoms with Crippen molar-refractivity contribution in [1.82, 2.24) is 4.98 Å². The van der Waals surface area contributed by atoms with Crippen LogP contribution in [0.1, 0.15) is 40.9 Å². The highest BCUT2D eigenvalue weighted by molar-refractivity contribution is 7.14. The van der Waals surface area contributed by atoms with Gasteiger partial charge in [-0.15, -0.1) is 11.3 Å². The molecule has 1 N–H and O–H groups in total. The van der Waals surface area contributed by atoms with Crippen molar-refractivity contribution in [1.29, 1.82) is 0 Å². The summed E-state index contributed by atoms with van der Waals surface area (Å²) in [5.41, 5.74) is 5.40. The van der Waals surface area contributed by atoms with Gasteiger partial charge >= 0.3 is 5.97 Å². The standard InChI is InChI=1S/C23H24N2O3S/c1-5-17-7-9-18(10-8-17)20-13-29-23(24-20)25-21(26)16(4)28-22(27)19-11-6-14(2)12-15(19)3/h6-13,16H,5H2,1-4H3,(H,24,25,26)/t16-/m0/s1. The van der Waals surface area contributed by atoms with E-state index in [4.69, 9.17) is 4.74 Å². The van der Waals surface area contributed by atoms with Crippen molar-refractivity contribution in [3.63, 3.8) is 0 Å². The van der Waals surface area contributed by atoms with Crippen LogP contribution >= 0.6 is 11.3 Å². The van der Waals surface area contributed by atoms with Gasteiger partial charge in [0, 0.05) is 10.9 Å². The Hall–Kier alpha value is -2.99. The topological polar surface area (TPSA) is 68.3 Å². The zero-order chi connectivity index (χ0) is 21.0. The molecule has 0 aliphatic heterocycles. The SMILES string of the molecule is CCc1ccc(-c2csc(NC(=O)[C@H](C)OC(=O)c3ccc(C)cc3C)n2)cc1. The molecule has 0 saturated heterocycles. The Morgan fingerprint density at radius 1 is 1.14 bits per heavy atom. The van der Waals surface area contributed by atoms with Gasteiger partial charge in [0.05, 0.1) is 11.3 Å². The maximum absolute atomic E-state index is 12.4. The molecule has 1 heterocycles. The van der Waals surface area contributed by atoms with Gasteiger partial charge in [-0.1, -0.05) is 48.9 Å². The van der Waals surface area contributed by atoms with Crippen molar-refractivity contribution in [3.8, 4) is 11.3 Å². The molecule has 150 valence electrons. The Morgan fingerprint density at radius 3 is 2.52 bits per heavy atom. The van der Waals surface area contributed by atoms with Gasteiger partial charge in [-0.2, -0.15) is 0 Å². The first-order valence-electron chi connectivity index (χ1n) is 9.51. The second kappa shape index (κ2) is 9.01. The summed E-state index contributed by atoms with van der Waals surface area (Å²) in [4.78, 5) is 29.3. The summed E-state index contributed by atoms with van der Waals surface area (Å²) in [7, 11) is 0. The Balaban J connectivity index is 1.62. The summed E-state index contributed by atoms with van der Waals surface area (Å²) in [5, 5.41) is 5.09. The van der Waals surface area contributed by atoms with Crippen LogP contribution in [0.25, 0.3) is 11.3 Å². The fraction of sp³-hybridized carbons (Fsp3) is 0.261. The van der Waals surface area contributed by atoms with Crippen LogP contribution in [0, 0.1) is 13.8 Å². The van der Waals surface area contributed by atoms with E-state index in [2.05, 4.69) is 29.4 Å². The molecule has 2 aromatic carbocycles. The summed E-state index contributed by atoms with van der Waals surface area (Å²) >= 11 is 1.34. The maximum Gasteiger partial charge on any atom is 0.339 e. The number of rotatable bonds is 6. The van der Waals surface area contributed by atoms with Gasteiger partial charge in [-0.25, -0.2) is 9.78 Å². The molecule has 0 saturated carbocycles. The van der Waals surface area contributed by atoms with Crippen LogP contribution < -0.4 is 5.32 Å². The Bertz CT molecular complexity index is 1020. The number of carbonyl (C=O) groups excluding carboxylic acids is 2. The monoisotopic (exact) mass is 408 g/mol. The van der Waals surface area contributed by atoms with Crippen molar-refractivity contribution < 1.29 is 14.3 Å². The fourth-order valence-electron chi connectivity index (χ4n) is 2.90. The van der Waals surface area contributed by atoms with Crippen molar-refractivity contribution in [2.45, 2.75) is 40.2 Å². The molecule has 0 aliphatic rings. The summed E-state index contributed by atoms with van der Waals surface area (Å²) in [6.07, 6.45) is 0.0524. The van der Waals surface area contributed by atoms with E-state index >= 15 is 0 Å². The molecular weight excluding hydrogens is 384 g/mol. The second-order valence-electron chi connectivity index (χ2n) is 6.94. The Morgan fingerprint density at radius 2 is 1.86 bits per heavy atom. The van der Waals surface area contributed by atoms with Gasteiger partial charge in [0.15, 0.2) is 11.2 Å². The average molecular weight is 409 g/mol. The van der Waals surface area contributed by atoms with Gasteiger partial charge in [-0.05, 0) is 44.4 Å². The van der Waals surface area contributed by atoms with E-state index in [9.17, 15) is 9.59 Å². The van der Waals surface area contributed by atoms with E-state index in [0.29, 0.717) is 10.7 Å². The molecule has 0 spiro atoms. The number of amides is 1. The van der Waals surface area contributed by atoms with E-state index in [-0.39, 0.29) is 0 Å². The van der Waals surface area contributed by atoms with Gasteiger partial charge in [0.1, 0.15) is 0 Å². The number of nitrogens with zero attached hydrogens (tertiary/aromatic N) is 1. The molecule has 29 heavy (non-hydrogen) atoms. The van der Waals surface area contributed by atoms with E-state index < -0.39 is 18.0 Å². The lowest BCUT2D eigenvalue weighted by atomic mass is 10.1. The number of hydrogen-bond acceptors (Lipinski definition) is 5. The lowest BCUT2D eigenvalue weighted by Crippen LogP contribution is -2.30. The second-order valence-corrected chi connectivity index (χ2v) is 7.80. The van der Waals surface area contributed by atoms with Gasteiger partial charge in [0.25, 0.3) is 5.91 Å². The number of aromatic nitrogens is 1. The summed E-state index contributed by atoms with van der Waals surface area (Å²) in [6, 6.07) is 13.7. The third-order valence-electron chi connectivity index (χ3n) is 4.65. The normalized spacial score (nSPS) is 11.7. The fourth-order valence-corrected chi connectivity index (χ4v) is 3.62. The number of esters is 1. The van der Waals surface area contributed by atoms with E-state index in [1.807, 2.05) is 43.5 Å². The number of aryl methyl sites for hydroxylation is 3. The highest BCUT2D eigenvalue weighted by atomic mass is 32.1. The smallest absolute Gasteiger partial charge is 0.339 e. The van der Waals surface area contributed by atoms with Crippen LogP contribution in [-0.2, 0) is 16.0 Å². The number of nitrogens with one attached hydrogen (secondary N) is 1. The molecule has 0 fully saturated rings. The highest BCUT2D eigenvalue weighted by Gasteiger charge is 2.21. The number of hydrogen-bond donors (Lipinski definition) is 1. The summed E-state index contributed by atoms with van der Waals surface area (Å²) in [6.45, 7) is 7.46. The molecule has 0 unspecified atom stereocenters. The molecular formula is C23H24N2O3S. The quantitative estimate of drug-likeness (QED) is 0.571. The van der Waals surface area contributed by atoms with Crippen LogP contribution in [0.5, 0.6) is 0 Å². The largest absolute Gasteiger partial charge is 0.449 e. The van der Waals surface area contributed by atoms with Crippen LogP contribution in [0.3, 0.4) is 0 Å². The van der Waals surface area contributed by atoms with E-state index in [0.717, 1.165) is 28.8 Å². The van der Waals surface area contributed by atoms with Crippen molar-refractivity contribution in [2.24, 2.45) is 0 Å². The number of anilines is 1. The van der Waals surface area contributed by atoms with Crippen LogP contribution in [0.15, 0.2) is 47.8 Å². The maximum atomic E-state index is 12.4. The van der Waals surface area contributed by atoms with Gasteiger partial charge in [0.2, 0.25) is 0 Å². The molecule has 1 atom stereocenters. The van der Waals surface area contributed by atoms with Gasteiger partial charge in [-0.3, -0.25) is 10.1 Å². The van der Waals surface area contributed by atoms with Crippen molar-refractivity contribution in [2.75, 3.05) is 5.32 Å². The zero-order valence-electron chi connectivity index (χ0n) is 17.0. The lowest BCUT2D eigenvalue weighted by molar-refractivity contribution is -0.123. The minimum absolute atomic E-state index is 0.412. The van der Waals surface area contributed by atoms with Crippen molar-refractivity contribution >= 4 is 28.3 Å². The average Bonchev–Trinajstić information content (AvgIpc) is 3.16. The molecule has 6 heteroatoms. The third-order valence-corrected chi connectivity index (χ3v) is 5.40. The first-order valence-corrected chi connectivity index (χ1v) is 10.4. The molecule has 0 aliphatic carbocycles. The van der Waals surface area contributed by atoms with Crippen LogP contribution in [-0.4, -0.2) is 23.0 Å². The Labute approximate surface area is 174 Å². The summed E-state index contributed by atoms with van der Waals surface area (Å²) < 4.78 is 5.33. The minimum atomic E-state index is -0.931. The molecule has 3 aromatic rings. The molecule has 5 nitrogen and oxygen atoms in total. The van der Waals surface area contributed by atoms with Crippen molar-refractivity contribution in [3.05, 3.63) is 70.1 Å². The van der Waals surface area contributed by atoms with Gasteiger partial charge < -0.3 is 4.74 Å². The first-order chi connectivity index (χ1) is 13.9. The van der Waals surface area contributed by atoms with E-state index in [1.165, 1.54) is 16.9 Å². The predicted molar refractivity (Wildman–Crippen MR) is 116 cm³/mol. The molecule has 0 radical (unpaired) electrons. The third kappa shape index (κ3) is 5.09. The first kappa shape index (κ1) is 20.7. The summed E-state index contributed by atoms with van der Waals surface area (Å²) in [5.74, 6) is -0.925. The minimum Gasteiger partial charge on any atom is -0.449 e. The molecule has 0 bridgehead atoms. The zero-order valence-corrected chi connectivity index (χ0v) is 17.8. The Kier molecular flexibility index (Phi) is 6.44. The number of thiazole rings is 1. The highest BCUT2D eigenvalue weighted by Crippen LogP contribution is 2.25. The number of ether oxygens (including phenoxy) is 1. The predicted octanol–water partition coefficient (Wildman–Crippen LogP) is 5.17. The molecule has 1 aromatic heterocycles. The molecule has 3 rings (SSSR count). The van der Waals surface area contributed by atoms with Crippen LogP contribution in [0.4, 0.5) is 5.13 Å². The van der Waals surface area contributed by atoms with Crippen LogP contribution in [0.2, 0.25) is 0 Å². The number of benzene rings is 2.